The third kappa shape index (κ3) is 2.82. The highest BCUT2D eigenvalue weighted by Gasteiger charge is 2.17. The van der Waals surface area contributed by atoms with Crippen LogP contribution >= 0.6 is 0 Å². The summed E-state index contributed by atoms with van der Waals surface area (Å²) in [6.07, 6.45) is 1.31. The van der Waals surface area contributed by atoms with Gasteiger partial charge >= 0.3 is 5.97 Å². The molecule has 0 aliphatic carbocycles. The minimum Gasteiger partial charge on any atom is -0.488 e. The lowest BCUT2D eigenvalue weighted by Gasteiger charge is -2.13. The van der Waals surface area contributed by atoms with Crippen LogP contribution in [-0.4, -0.2) is 33.9 Å². The van der Waals surface area contributed by atoms with Gasteiger partial charge in [-0.3, -0.25) is 4.98 Å². The van der Waals surface area contributed by atoms with Crippen LogP contribution in [-0.2, 0) is 0 Å². The van der Waals surface area contributed by atoms with Crippen molar-refractivity contribution in [2.45, 2.75) is 19.4 Å². The number of hydrogen-bond donors (Lipinski definition) is 2. The van der Waals surface area contributed by atoms with Crippen LogP contribution in [0.4, 0.5) is 0 Å². The smallest absolute Gasteiger partial charge is 0.340 e. The van der Waals surface area contributed by atoms with E-state index in [0.717, 1.165) is 0 Å². The predicted molar refractivity (Wildman–Crippen MR) is 70.5 cm³/mol. The number of fused-ring (bicyclic) bond motifs is 1. The number of nitrogens with zero attached hydrogens (tertiary/aromatic N) is 1. The predicted octanol–water partition coefficient (Wildman–Crippen LogP) is 2.08. The Kier molecular flexibility index (Phi) is 3.97. The van der Waals surface area contributed by atoms with Crippen molar-refractivity contribution in [1.29, 1.82) is 0 Å². The molecule has 5 heteroatoms. The second-order valence-electron chi connectivity index (χ2n) is 4.19. The zero-order chi connectivity index (χ0) is 13.8. The zero-order valence-corrected chi connectivity index (χ0v) is 10.5. The molecule has 2 aromatic rings. The van der Waals surface area contributed by atoms with Crippen molar-refractivity contribution < 1.29 is 19.7 Å². The summed E-state index contributed by atoms with van der Waals surface area (Å²) in [6, 6.07) is 6.98. The summed E-state index contributed by atoms with van der Waals surface area (Å²) >= 11 is 0. The van der Waals surface area contributed by atoms with E-state index in [1.54, 1.807) is 24.3 Å². The maximum absolute atomic E-state index is 11.4. The molecule has 1 unspecified atom stereocenters. The second kappa shape index (κ2) is 5.67. The summed E-state index contributed by atoms with van der Waals surface area (Å²) in [5.74, 6) is -0.890. The van der Waals surface area contributed by atoms with Crippen molar-refractivity contribution in [3.05, 3.63) is 36.0 Å². The van der Waals surface area contributed by atoms with Crippen molar-refractivity contribution >= 4 is 16.9 Å². The number of aliphatic hydroxyl groups excluding tert-OH is 1. The molecular formula is C14H15NO4. The van der Waals surface area contributed by atoms with Gasteiger partial charge in [-0.25, -0.2) is 4.79 Å². The van der Waals surface area contributed by atoms with Crippen LogP contribution in [0.5, 0.6) is 5.75 Å². The first-order valence-electron chi connectivity index (χ1n) is 6.05. The van der Waals surface area contributed by atoms with Crippen molar-refractivity contribution in [3.63, 3.8) is 0 Å². The van der Waals surface area contributed by atoms with E-state index in [9.17, 15) is 15.0 Å². The summed E-state index contributed by atoms with van der Waals surface area (Å²) in [7, 11) is 0. The van der Waals surface area contributed by atoms with Crippen LogP contribution in [0, 0.1) is 0 Å². The Morgan fingerprint density at radius 2 is 2.16 bits per heavy atom. The fourth-order valence-corrected chi connectivity index (χ4v) is 1.76. The molecule has 19 heavy (non-hydrogen) atoms. The molecule has 0 amide bonds. The van der Waals surface area contributed by atoms with Crippen LogP contribution in [0.3, 0.4) is 0 Å². The lowest BCUT2D eigenvalue weighted by atomic mass is 10.1. The molecule has 2 rings (SSSR count). The summed E-state index contributed by atoms with van der Waals surface area (Å²) in [5, 5.41) is 19.3. The number of rotatable bonds is 5. The van der Waals surface area contributed by atoms with Gasteiger partial charge in [-0.15, -0.1) is 0 Å². The Balaban J connectivity index is 2.43. The van der Waals surface area contributed by atoms with Crippen molar-refractivity contribution in [2.75, 3.05) is 6.61 Å². The van der Waals surface area contributed by atoms with E-state index in [4.69, 9.17) is 4.74 Å². The van der Waals surface area contributed by atoms with E-state index < -0.39 is 12.1 Å². The monoisotopic (exact) mass is 261 g/mol. The first kappa shape index (κ1) is 13.3. The van der Waals surface area contributed by atoms with Gasteiger partial charge in [0.2, 0.25) is 0 Å². The molecule has 1 atom stereocenters. The van der Waals surface area contributed by atoms with Gasteiger partial charge in [0, 0.05) is 5.39 Å². The van der Waals surface area contributed by atoms with Crippen LogP contribution in [0.15, 0.2) is 30.5 Å². The molecule has 0 spiro atoms. The number of aromatic carboxylic acids is 1. The quantitative estimate of drug-likeness (QED) is 0.861. The number of para-hydroxylation sites is 1. The highest BCUT2D eigenvalue weighted by Crippen LogP contribution is 2.26. The number of carbonyl (C=O) groups is 1. The minimum absolute atomic E-state index is 0.0524. The molecule has 0 saturated carbocycles. The molecule has 0 saturated heterocycles. The number of benzene rings is 1. The molecule has 0 bridgehead atoms. The third-order valence-electron chi connectivity index (χ3n) is 2.86. The maximum Gasteiger partial charge on any atom is 0.340 e. The fourth-order valence-electron chi connectivity index (χ4n) is 1.76. The Labute approximate surface area is 110 Å². The zero-order valence-electron chi connectivity index (χ0n) is 10.5. The van der Waals surface area contributed by atoms with E-state index in [2.05, 4.69) is 4.98 Å². The Morgan fingerprint density at radius 3 is 2.84 bits per heavy atom. The third-order valence-corrected chi connectivity index (χ3v) is 2.86. The summed E-state index contributed by atoms with van der Waals surface area (Å²) < 4.78 is 5.37. The van der Waals surface area contributed by atoms with E-state index in [0.29, 0.717) is 17.3 Å². The summed E-state index contributed by atoms with van der Waals surface area (Å²) in [6.45, 7) is 1.88. The molecule has 1 heterocycles. The number of hydrogen-bond acceptors (Lipinski definition) is 4. The van der Waals surface area contributed by atoms with Gasteiger partial charge in [0.1, 0.15) is 12.2 Å². The molecule has 1 aromatic carbocycles. The van der Waals surface area contributed by atoms with Crippen LogP contribution in [0.2, 0.25) is 0 Å². The van der Waals surface area contributed by atoms with Crippen molar-refractivity contribution in [1.82, 2.24) is 4.98 Å². The highest BCUT2D eigenvalue weighted by molar-refractivity contribution is 6.04. The van der Waals surface area contributed by atoms with Gasteiger partial charge in [-0.05, 0) is 12.5 Å². The Bertz CT molecular complexity index is 597. The number of ether oxygens (including phenoxy) is 1. The van der Waals surface area contributed by atoms with Gasteiger partial charge in [0.05, 0.1) is 17.8 Å². The average molecular weight is 261 g/mol. The number of pyridine rings is 1. The van der Waals surface area contributed by atoms with Gasteiger partial charge < -0.3 is 14.9 Å². The van der Waals surface area contributed by atoms with E-state index in [1.807, 2.05) is 6.92 Å². The number of aromatic nitrogens is 1. The Hall–Kier alpha value is -2.14. The Morgan fingerprint density at radius 1 is 1.42 bits per heavy atom. The van der Waals surface area contributed by atoms with Gasteiger partial charge in [0.15, 0.2) is 5.75 Å². The normalized spacial score (nSPS) is 12.3. The lowest BCUT2D eigenvalue weighted by Crippen LogP contribution is -2.17. The van der Waals surface area contributed by atoms with E-state index >= 15 is 0 Å². The molecule has 1 aromatic heterocycles. The minimum atomic E-state index is -1.07. The van der Waals surface area contributed by atoms with Crippen LogP contribution < -0.4 is 4.74 Å². The maximum atomic E-state index is 11.4. The molecule has 2 N–H and O–H groups in total. The van der Waals surface area contributed by atoms with Crippen molar-refractivity contribution in [3.8, 4) is 5.75 Å². The van der Waals surface area contributed by atoms with E-state index in [-0.39, 0.29) is 17.9 Å². The highest BCUT2D eigenvalue weighted by atomic mass is 16.5. The van der Waals surface area contributed by atoms with Crippen LogP contribution in [0.25, 0.3) is 10.9 Å². The molecule has 0 fully saturated rings. The SMILES string of the molecule is CCC(O)COc1cnc2ccccc2c1C(=O)O. The summed E-state index contributed by atoms with van der Waals surface area (Å²) in [5.41, 5.74) is 0.678. The molecule has 100 valence electrons. The topological polar surface area (TPSA) is 79.7 Å². The fraction of sp³-hybridized carbons (Fsp3) is 0.286. The number of aliphatic hydroxyl groups is 1. The molecule has 0 aliphatic heterocycles. The first-order chi connectivity index (χ1) is 9.13. The largest absolute Gasteiger partial charge is 0.488 e. The number of carboxylic acid groups (broad SMARTS) is 1. The molecule has 5 nitrogen and oxygen atoms in total. The average Bonchev–Trinajstić information content (AvgIpc) is 2.43. The lowest BCUT2D eigenvalue weighted by molar-refractivity contribution is 0.0684. The van der Waals surface area contributed by atoms with Crippen LogP contribution in [0.1, 0.15) is 23.7 Å². The summed E-state index contributed by atoms with van der Waals surface area (Å²) in [4.78, 5) is 15.5. The van der Waals surface area contributed by atoms with Gasteiger partial charge in [-0.2, -0.15) is 0 Å². The molecule has 0 radical (unpaired) electrons. The van der Waals surface area contributed by atoms with Crippen molar-refractivity contribution in [2.24, 2.45) is 0 Å². The first-order valence-corrected chi connectivity index (χ1v) is 6.05. The second-order valence-corrected chi connectivity index (χ2v) is 4.19. The van der Waals surface area contributed by atoms with Gasteiger partial charge in [-0.1, -0.05) is 25.1 Å². The molecule has 0 aliphatic rings. The van der Waals surface area contributed by atoms with Gasteiger partial charge in [0.25, 0.3) is 0 Å². The molecular weight excluding hydrogens is 246 g/mol. The van der Waals surface area contributed by atoms with E-state index in [1.165, 1.54) is 6.20 Å². The number of carboxylic acids is 1. The standard InChI is InChI=1S/C14H15NO4/c1-2-9(16)8-19-12-7-15-11-6-4-3-5-10(11)13(12)14(17)18/h3-7,9,16H,2,8H2,1H3,(H,17,18).